The summed E-state index contributed by atoms with van der Waals surface area (Å²) in [4.78, 5) is 6.83. The topological polar surface area (TPSA) is 76.8 Å². The van der Waals surface area contributed by atoms with E-state index in [1.54, 1.807) is 0 Å². The Morgan fingerprint density at radius 3 is 2.38 bits per heavy atom. The van der Waals surface area contributed by atoms with Crippen LogP contribution in [-0.4, -0.2) is 44.5 Å². The number of nitrogens with zero attached hydrogens (tertiary/aromatic N) is 2. The minimum Gasteiger partial charge on any atom is -0.510 e. The number of aliphatic hydroxyl groups excluding tert-OH is 1. The number of nitrogens with one attached hydrogen (secondary N) is 1. The van der Waals surface area contributed by atoms with Gasteiger partial charge in [-0.05, 0) is 34.6 Å². The monoisotopic (exact) mass is 411 g/mol. The second-order valence-electron chi connectivity index (χ2n) is 9.89. The normalized spacial score (nSPS) is 21.8. The van der Waals surface area contributed by atoms with Crippen molar-refractivity contribution in [1.82, 2.24) is 9.88 Å². The predicted octanol–water partition coefficient (Wildman–Crippen LogP) is 3.96. The molecule has 1 fully saturated rings. The van der Waals surface area contributed by atoms with Gasteiger partial charge in [0.15, 0.2) is 0 Å². The third kappa shape index (κ3) is 3.96. The maximum atomic E-state index is 10.7. The van der Waals surface area contributed by atoms with Crippen LogP contribution in [0.3, 0.4) is 0 Å². The Morgan fingerprint density at radius 1 is 1.14 bits per heavy atom. The lowest BCUT2D eigenvalue weighted by atomic mass is 9.79. The highest BCUT2D eigenvalue weighted by Gasteiger charge is 2.46. The van der Waals surface area contributed by atoms with Gasteiger partial charge >= 0.3 is 0 Å². The molecular weight excluding hydrogens is 380 g/mol. The van der Waals surface area contributed by atoms with Crippen LogP contribution in [0.25, 0.3) is 16.8 Å². The molecule has 5 nitrogen and oxygen atoms in total. The molecule has 0 amide bonds. The SMILES string of the molecule is Cc1ccc(-c2csc(C3=C(O)CN(C4CC(C)(C)[NH2+]C(C)(C)C4)C3=N)n2)cc1. The number of thiazole rings is 1. The summed E-state index contributed by atoms with van der Waals surface area (Å²) in [6.07, 6.45) is 1.98. The van der Waals surface area contributed by atoms with Crippen molar-refractivity contribution in [3.8, 4) is 11.3 Å². The van der Waals surface area contributed by atoms with Crippen LogP contribution in [-0.2, 0) is 0 Å². The van der Waals surface area contributed by atoms with Gasteiger partial charge in [0.2, 0.25) is 0 Å². The van der Waals surface area contributed by atoms with Gasteiger partial charge in [0, 0.05) is 29.8 Å². The Hall–Kier alpha value is -2.18. The number of aryl methyl sites for hydroxylation is 1. The lowest BCUT2D eigenvalue weighted by Crippen LogP contribution is -3.06. The fourth-order valence-electron chi connectivity index (χ4n) is 5.06. The van der Waals surface area contributed by atoms with Crippen molar-refractivity contribution in [2.75, 3.05) is 6.54 Å². The van der Waals surface area contributed by atoms with Crippen LogP contribution < -0.4 is 5.32 Å². The first-order valence-corrected chi connectivity index (χ1v) is 11.1. The van der Waals surface area contributed by atoms with Crippen LogP contribution >= 0.6 is 11.3 Å². The van der Waals surface area contributed by atoms with E-state index in [2.05, 4.69) is 69.1 Å². The lowest BCUT2D eigenvalue weighted by Gasteiger charge is -2.46. The molecule has 1 saturated heterocycles. The maximum Gasteiger partial charge on any atom is 0.135 e. The smallest absolute Gasteiger partial charge is 0.135 e. The van der Waals surface area contributed by atoms with Crippen molar-refractivity contribution < 1.29 is 10.4 Å². The van der Waals surface area contributed by atoms with E-state index in [1.807, 2.05) is 5.38 Å². The van der Waals surface area contributed by atoms with Crippen molar-refractivity contribution in [2.24, 2.45) is 0 Å². The number of hydrogen-bond acceptors (Lipinski definition) is 4. The molecule has 4 N–H and O–H groups in total. The number of hydrogen-bond donors (Lipinski definition) is 3. The van der Waals surface area contributed by atoms with Crippen molar-refractivity contribution in [1.29, 1.82) is 5.41 Å². The molecular formula is C23H31N4OS+. The third-order valence-corrected chi connectivity index (χ3v) is 6.80. The summed E-state index contributed by atoms with van der Waals surface area (Å²) >= 11 is 1.50. The molecule has 2 aliphatic rings. The summed E-state index contributed by atoms with van der Waals surface area (Å²) in [6.45, 7) is 11.5. The lowest BCUT2D eigenvalue weighted by molar-refractivity contribution is -0.788. The minimum absolute atomic E-state index is 0.116. The van der Waals surface area contributed by atoms with Gasteiger partial charge in [-0.1, -0.05) is 29.8 Å². The van der Waals surface area contributed by atoms with Gasteiger partial charge in [0.1, 0.15) is 16.6 Å². The first kappa shape index (κ1) is 20.1. The van der Waals surface area contributed by atoms with E-state index in [0.717, 1.165) is 29.1 Å². The highest BCUT2D eigenvalue weighted by molar-refractivity contribution is 7.11. The van der Waals surface area contributed by atoms with Crippen molar-refractivity contribution >= 4 is 22.7 Å². The summed E-state index contributed by atoms with van der Waals surface area (Å²) in [5.74, 6) is 0.677. The summed E-state index contributed by atoms with van der Waals surface area (Å²) in [7, 11) is 0. The Balaban J connectivity index is 1.58. The summed E-state index contributed by atoms with van der Waals surface area (Å²) in [6, 6.07) is 8.53. The summed E-state index contributed by atoms with van der Waals surface area (Å²) in [5.41, 5.74) is 4.00. The molecule has 0 saturated carbocycles. The zero-order valence-electron chi connectivity index (χ0n) is 17.9. The second kappa shape index (κ2) is 6.96. The van der Waals surface area contributed by atoms with Crippen LogP contribution in [0.4, 0.5) is 0 Å². The second-order valence-corrected chi connectivity index (χ2v) is 10.7. The molecule has 29 heavy (non-hydrogen) atoms. The highest BCUT2D eigenvalue weighted by Crippen LogP contribution is 2.36. The molecule has 0 spiro atoms. The average Bonchev–Trinajstić information content (AvgIpc) is 3.17. The van der Waals surface area contributed by atoms with E-state index in [1.165, 1.54) is 16.9 Å². The first-order valence-electron chi connectivity index (χ1n) is 10.2. The Labute approximate surface area is 177 Å². The number of piperidine rings is 1. The molecule has 2 aromatic rings. The van der Waals surface area contributed by atoms with E-state index >= 15 is 0 Å². The average molecular weight is 412 g/mol. The summed E-state index contributed by atoms with van der Waals surface area (Å²) < 4.78 is 0. The molecule has 3 heterocycles. The molecule has 0 unspecified atom stereocenters. The zero-order chi connectivity index (χ0) is 21.0. The van der Waals surface area contributed by atoms with Gasteiger partial charge < -0.3 is 15.3 Å². The number of aromatic nitrogens is 1. The fourth-order valence-corrected chi connectivity index (χ4v) is 5.96. The molecule has 4 rings (SSSR count). The zero-order valence-corrected chi connectivity index (χ0v) is 18.7. The van der Waals surface area contributed by atoms with Crippen molar-refractivity contribution in [3.05, 3.63) is 46.0 Å². The Kier molecular flexibility index (Phi) is 4.82. The van der Waals surface area contributed by atoms with Crippen molar-refractivity contribution in [3.63, 3.8) is 0 Å². The molecule has 0 aliphatic carbocycles. The number of benzene rings is 1. The van der Waals surface area contributed by atoms with Gasteiger partial charge in [0.25, 0.3) is 0 Å². The van der Waals surface area contributed by atoms with Crippen LogP contribution in [0.1, 0.15) is 51.1 Å². The van der Waals surface area contributed by atoms with Gasteiger partial charge in [-0.3, -0.25) is 5.41 Å². The van der Waals surface area contributed by atoms with E-state index in [0.29, 0.717) is 18.0 Å². The highest BCUT2D eigenvalue weighted by atomic mass is 32.1. The van der Waals surface area contributed by atoms with E-state index < -0.39 is 0 Å². The maximum absolute atomic E-state index is 10.7. The molecule has 1 aromatic carbocycles. The van der Waals surface area contributed by atoms with Crippen LogP contribution in [0, 0.1) is 12.3 Å². The standard InChI is InChI=1S/C23H30N4OS/c1-14-6-8-15(9-7-14)17-13-29-21(25-17)19-18(28)12-27(20(19)24)16-10-22(2,3)26-23(4,5)11-16/h6-9,13,16,24,26,28H,10-12H2,1-5H3/p+1. The van der Waals surface area contributed by atoms with Gasteiger partial charge in [0.05, 0.1) is 28.9 Å². The molecule has 6 heteroatoms. The van der Waals surface area contributed by atoms with E-state index in [9.17, 15) is 5.11 Å². The first-order chi connectivity index (χ1) is 13.5. The van der Waals surface area contributed by atoms with Crippen LogP contribution in [0.5, 0.6) is 0 Å². The number of amidine groups is 1. The number of aliphatic hydroxyl groups is 1. The minimum atomic E-state index is 0.116. The van der Waals surface area contributed by atoms with E-state index in [4.69, 9.17) is 10.4 Å². The Morgan fingerprint density at radius 2 is 1.76 bits per heavy atom. The molecule has 0 atom stereocenters. The van der Waals surface area contributed by atoms with Gasteiger partial charge in [-0.25, -0.2) is 4.98 Å². The number of nitrogens with two attached hydrogens (primary N) is 1. The van der Waals surface area contributed by atoms with Gasteiger partial charge in [-0.15, -0.1) is 11.3 Å². The molecule has 0 radical (unpaired) electrons. The fraction of sp³-hybridized carbons (Fsp3) is 0.478. The summed E-state index contributed by atoms with van der Waals surface area (Å²) in [5, 5.41) is 24.8. The van der Waals surface area contributed by atoms with Crippen molar-refractivity contribution in [2.45, 2.75) is 64.6 Å². The van der Waals surface area contributed by atoms with E-state index in [-0.39, 0.29) is 22.9 Å². The largest absolute Gasteiger partial charge is 0.510 e. The van der Waals surface area contributed by atoms with Gasteiger partial charge in [-0.2, -0.15) is 0 Å². The van der Waals surface area contributed by atoms with Crippen LogP contribution in [0.2, 0.25) is 0 Å². The Bertz CT molecular complexity index is 955. The third-order valence-electron chi connectivity index (χ3n) is 5.94. The molecule has 154 valence electrons. The predicted molar refractivity (Wildman–Crippen MR) is 119 cm³/mol. The number of rotatable bonds is 3. The molecule has 1 aromatic heterocycles. The quantitative estimate of drug-likeness (QED) is 0.715. The van der Waals surface area contributed by atoms with Crippen LogP contribution in [0.15, 0.2) is 35.4 Å². The molecule has 2 aliphatic heterocycles. The number of quaternary nitrogens is 1. The molecule has 0 bridgehead atoms.